The van der Waals surface area contributed by atoms with Gasteiger partial charge in [-0.2, -0.15) is 0 Å². The quantitative estimate of drug-likeness (QED) is 0.452. The van der Waals surface area contributed by atoms with Crippen LogP contribution < -0.4 is 14.8 Å². The molecule has 4 aromatic rings. The van der Waals surface area contributed by atoms with E-state index < -0.39 is 0 Å². The molecule has 5 rings (SSSR count). The number of ether oxygens (including phenoxy) is 2. The van der Waals surface area contributed by atoms with Gasteiger partial charge in [0.1, 0.15) is 0 Å². The monoisotopic (exact) mass is 428 g/mol. The number of amides is 1. The van der Waals surface area contributed by atoms with E-state index in [1.165, 1.54) is 22.5 Å². The van der Waals surface area contributed by atoms with Crippen LogP contribution in [0.5, 0.6) is 11.5 Å². The number of thiazole rings is 1. The summed E-state index contributed by atoms with van der Waals surface area (Å²) in [6.45, 7) is 0.222. The number of carbonyl (C=O) groups excluding carboxylic acids is 1. The van der Waals surface area contributed by atoms with Crippen LogP contribution in [0.4, 0.5) is 5.13 Å². The molecule has 0 bridgehead atoms. The number of nitrogens with one attached hydrogen (secondary N) is 1. The van der Waals surface area contributed by atoms with Gasteiger partial charge in [-0.05, 0) is 35.2 Å². The van der Waals surface area contributed by atoms with Crippen LogP contribution >= 0.6 is 11.3 Å². The molecular formula is C25H20N2O3S. The van der Waals surface area contributed by atoms with E-state index in [1.807, 2.05) is 29.6 Å². The molecule has 0 saturated carbocycles. The lowest BCUT2D eigenvalue weighted by Gasteiger charge is -2.04. The minimum Gasteiger partial charge on any atom is -0.454 e. The maximum absolute atomic E-state index is 12.4. The van der Waals surface area contributed by atoms with E-state index >= 15 is 0 Å². The summed E-state index contributed by atoms with van der Waals surface area (Å²) in [6.07, 6.45) is 1.15. The smallest absolute Gasteiger partial charge is 0.231 e. The Morgan fingerprint density at radius 1 is 0.903 bits per heavy atom. The molecule has 0 unspecified atom stereocenters. The highest BCUT2D eigenvalue weighted by Gasteiger charge is 2.15. The van der Waals surface area contributed by atoms with Crippen LogP contribution in [0.1, 0.15) is 16.7 Å². The Bertz CT molecular complexity index is 1200. The average Bonchev–Trinajstić information content (AvgIpc) is 3.44. The SMILES string of the molecule is O=C(Cc1ccc2c(c1)OCO2)Nc1nc(-c2ccc(Cc3ccccc3)cc2)cs1. The lowest BCUT2D eigenvalue weighted by atomic mass is 10.0. The van der Waals surface area contributed by atoms with Gasteiger partial charge in [0, 0.05) is 10.9 Å². The van der Waals surface area contributed by atoms with E-state index in [1.54, 1.807) is 0 Å². The zero-order valence-electron chi connectivity index (χ0n) is 16.7. The summed E-state index contributed by atoms with van der Waals surface area (Å²) < 4.78 is 10.7. The molecule has 6 heteroatoms. The summed E-state index contributed by atoms with van der Waals surface area (Å²) in [7, 11) is 0. The Morgan fingerprint density at radius 2 is 1.65 bits per heavy atom. The summed E-state index contributed by atoms with van der Waals surface area (Å²) in [5.74, 6) is 1.28. The highest BCUT2D eigenvalue weighted by atomic mass is 32.1. The van der Waals surface area contributed by atoms with E-state index in [2.05, 4.69) is 58.8 Å². The third kappa shape index (κ3) is 4.59. The van der Waals surface area contributed by atoms with Gasteiger partial charge in [-0.1, -0.05) is 60.7 Å². The molecule has 1 aliphatic rings. The largest absolute Gasteiger partial charge is 0.454 e. The van der Waals surface area contributed by atoms with Crippen LogP contribution in [-0.2, 0) is 17.6 Å². The molecule has 0 radical (unpaired) electrons. The van der Waals surface area contributed by atoms with E-state index in [9.17, 15) is 4.79 Å². The van der Waals surface area contributed by atoms with Crippen LogP contribution in [0.25, 0.3) is 11.3 Å². The lowest BCUT2D eigenvalue weighted by Crippen LogP contribution is -2.14. The van der Waals surface area contributed by atoms with Crippen molar-refractivity contribution >= 4 is 22.4 Å². The minimum atomic E-state index is -0.113. The van der Waals surface area contributed by atoms with Gasteiger partial charge in [0.25, 0.3) is 0 Å². The van der Waals surface area contributed by atoms with Crippen LogP contribution in [0, 0.1) is 0 Å². The Kier molecular flexibility index (Phi) is 5.37. The predicted molar refractivity (Wildman–Crippen MR) is 122 cm³/mol. The maximum atomic E-state index is 12.4. The molecule has 1 aromatic heterocycles. The topological polar surface area (TPSA) is 60.5 Å². The summed E-state index contributed by atoms with van der Waals surface area (Å²) in [5.41, 5.74) is 5.30. The third-order valence-electron chi connectivity index (χ3n) is 5.05. The van der Waals surface area contributed by atoms with Gasteiger partial charge < -0.3 is 14.8 Å². The van der Waals surface area contributed by atoms with E-state index in [-0.39, 0.29) is 19.1 Å². The van der Waals surface area contributed by atoms with Gasteiger partial charge >= 0.3 is 0 Å². The second kappa shape index (κ2) is 8.62. The van der Waals surface area contributed by atoms with Crippen molar-refractivity contribution in [3.63, 3.8) is 0 Å². The van der Waals surface area contributed by atoms with Crippen molar-refractivity contribution in [1.82, 2.24) is 4.98 Å². The van der Waals surface area contributed by atoms with Crippen molar-refractivity contribution in [2.45, 2.75) is 12.8 Å². The number of anilines is 1. The average molecular weight is 429 g/mol. The fraction of sp³-hybridized carbons (Fsp3) is 0.120. The number of hydrogen-bond acceptors (Lipinski definition) is 5. The predicted octanol–water partition coefficient (Wildman–Crippen LogP) is 5.31. The zero-order chi connectivity index (χ0) is 21.0. The summed E-state index contributed by atoms with van der Waals surface area (Å²) in [4.78, 5) is 17.0. The van der Waals surface area contributed by atoms with Gasteiger partial charge in [-0.3, -0.25) is 4.79 Å². The first-order valence-corrected chi connectivity index (χ1v) is 10.9. The zero-order valence-corrected chi connectivity index (χ0v) is 17.5. The van der Waals surface area contributed by atoms with Gasteiger partial charge in [-0.15, -0.1) is 11.3 Å². The van der Waals surface area contributed by atoms with Crippen molar-refractivity contribution in [1.29, 1.82) is 0 Å². The molecule has 31 heavy (non-hydrogen) atoms. The number of carbonyl (C=O) groups is 1. The molecule has 1 N–H and O–H groups in total. The molecule has 0 atom stereocenters. The molecule has 0 aliphatic carbocycles. The normalized spacial score (nSPS) is 12.0. The Hall–Kier alpha value is -3.64. The molecular weight excluding hydrogens is 408 g/mol. The first kappa shape index (κ1) is 19.3. The molecule has 154 valence electrons. The maximum Gasteiger partial charge on any atom is 0.231 e. The number of rotatable bonds is 6. The number of benzene rings is 3. The van der Waals surface area contributed by atoms with E-state index in [0.29, 0.717) is 16.6 Å². The van der Waals surface area contributed by atoms with E-state index in [0.717, 1.165) is 23.2 Å². The number of fused-ring (bicyclic) bond motifs is 1. The highest BCUT2D eigenvalue weighted by molar-refractivity contribution is 7.14. The summed E-state index contributed by atoms with van der Waals surface area (Å²) >= 11 is 1.42. The van der Waals surface area contributed by atoms with Crippen molar-refractivity contribution in [2.24, 2.45) is 0 Å². The molecule has 1 amide bonds. The Balaban J connectivity index is 1.21. The fourth-order valence-corrected chi connectivity index (χ4v) is 4.22. The second-order valence-corrected chi connectivity index (χ2v) is 8.17. The van der Waals surface area contributed by atoms with Crippen molar-refractivity contribution in [2.75, 3.05) is 12.1 Å². The number of aromatic nitrogens is 1. The van der Waals surface area contributed by atoms with E-state index in [4.69, 9.17) is 9.47 Å². The lowest BCUT2D eigenvalue weighted by molar-refractivity contribution is -0.115. The van der Waals surface area contributed by atoms with Gasteiger partial charge in [-0.25, -0.2) is 4.98 Å². The number of nitrogens with zero attached hydrogens (tertiary/aromatic N) is 1. The van der Waals surface area contributed by atoms with Crippen LogP contribution in [-0.4, -0.2) is 17.7 Å². The van der Waals surface area contributed by atoms with Crippen molar-refractivity contribution in [3.8, 4) is 22.8 Å². The van der Waals surface area contributed by atoms with Crippen LogP contribution in [0.15, 0.2) is 78.2 Å². The summed E-state index contributed by atoms with van der Waals surface area (Å²) in [6, 6.07) is 24.3. The van der Waals surface area contributed by atoms with Gasteiger partial charge in [0.05, 0.1) is 12.1 Å². The fourth-order valence-electron chi connectivity index (χ4n) is 3.49. The second-order valence-electron chi connectivity index (χ2n) is 7.31. The van der Waals surface area contributed by atoms with Crippen molar-refractivity contribution in [3.05, 3.63) is 94.9 Å². The van der Waals surface area contributed by atoms with Crippen LogP contribution in [0.3, 0.4) is 0 Å². The molecule has 0 saturated heterocycles. The van der Waals surface area contributed by atoms with Gasteiger partial charge in [0.15, 0.2) is 16.6 Å². The Morgan fingerprint density at radius 3 is 2.48 bits per heavy atom. The number of hydrogen-bond donors (Lipinski definition) is 1. The van der Waals surface area contributed by atoms with Crippen LogP contribution in [0.2, 0.25) is 0 Å². The van der Waals surface area contributed by atoms with Gasteiger partial charge in [0.2, 0.25) is 12.7 Å². The minimum absolute atomic E-state index is 0.113. The Labute approximate surface area is 184 Å². The molecule has 0 spiro atoms. The molecule has 1 aliphatic heterocycles. The third-order valence-corrected chi connectivity index (χ3v) is 5.81. The van der Waals surface area contributed by atoms with Crippen molar-refractivity contribution < 1.29 is 14.3 Å². The standard InChI is InChI=1S/C25H20N2O3S/c28-24(14-19-8-11-22-23(13-19)30-16-29-22)27-25-26-21(15-31-25)20-9-6-18(7-10-20)12-17-4-2-1-3-5-17/h1-11,13,15H,12,14,16H2,(H,26,27,28). The first-order chi connectivity index (χ1) is 15.2. The summed E-state index contributed by atoms with van der Waals surface area (Å²) in [5, 5.41) is 5.44. The molecule has 3 aromatic carbocycles. The molecule has 2 heterocycles. The molecule has 5 nitrogen and oxygen atoms in total. The highest BCUT2D eigenvalue weighted by Crippen LogP contribution is 2.32. The molecule has 0 fully saturated rings. The first-order valence-electron chi connectivity index (χ1n) is 10.00.